The fraction of sp³-hybridized carbons (Fsp3) is 0.762. The number of nitrogens with one attached hydrogen (secondary N) is 1. The van der Waals surface area contributed by atoms with Gasteiger partial charge in [-0.3, -0.25) is 18.6 Å². The van der Waals surface area contributed by atoms with Crippen LogP contribution < -0.4 is 5.32 Å². The molecule has 1 amide bonds. The number of esters is 1. The monoisotopic (exact) mass is 754 g/mol. The number of unbranched alkanes of at least 4 members (excludes halogenated alkanes) is 17. The number of phosphoric acid groups is 1. The second-order valence-corrected chi connectivity index (χ2v) is 15.0. The van der Waals surface area contributed by atoms with Crippen LogP contribution in [0.3, 0.4) is 0 Å². The molecule has 0 aromatic rings. The van der Waals surface area contributed by atoms with Crippen molar-refractivity contribution in [1.29, 1.82) is 0 Å². The van der Waals surface area contributed by atoms with E-state index in [0.717, 1.165) is 57.8 Å². The number of ether oxygens (including phenoxy) is 1. The van der Waals surface area contributed by atoms with Gasteiger partial charge in [0.1, 0.15) is 12.7 Å². The summed E-state index contributed by atoms with van der Waals surface area (Å²) < 4.78 is 26.8. The van der Waals surface area contributed by atoms with E-state index in [9.17, 15) is 24.2 Å². The van der Waals surface area contributed by atoms with E-state index in [1.807, 2.05) is 0 Å². The van der Waals surface area contributed by atoms with E-state index in [2.05, 4.69) is 67.8 Å². The van der Waals surface area contributed by atoms with E-state index in [-0.39, 0.29) is 32.1 Å². The number of hydrogen-bond donors (Lipinski definition) is 3. The number of aliphatic hydroxyl groups excluding tert-OH is 1. The average molecular weight is 754 g/mol. The van der Waals surface area contributed by atoms with Crippen molar-refractivity contribution in [3.8, 4) is 0 Å². The summed E-state index contributed by atoms with van der Waals surface area (Å²) in [6.07, 6.45) is 43.3. The van der Waals surface area contributed by atoms with Gasteiger partial charge in [-0.25, -0.2) is 4.57 Å². The molecule has 0 saturated carbocycles. The van der Waals surface area contributed by atoms with E-state index in [1.54, 1.807) is 0 Å². The van der Waals surface area contributed by atoms with Gasteiger partial charge in [-0.05, 0) is 51.4 Å². The first kappa shape index (κ1) is 50.0. The van der Waals surface area contributed by atoms with E-state index >= 15 is 0 Å². The molecule has 10 heteroatoms. The van der Waals surface area contributed by atoms with Crippen molar-refractivity contribution in [2.75, 3.05) is 26.4 Å². The normalized spacial score (nSPS) is 13.8. The van der Waals surface area contributed by atoms with Gasteiger partial charge in [0, 0.05) is 19.4 Å². The maximum atomic E-state index is 12.1. The second kappa shape index (κ2) is 38.7. The molecule has 0 bridgehead atoms. The highest BCUT2D eigenvalue weighted by atomic mass is 31.2. The van der Waals surface area contributed by atoms with Crippen LogP contribution in [0.1, 0.15) is 174 Å². The number of carbonyl (C=O) groups is 2. The molecule has 0 radical (unpaired) electrons. The molecule has 52 heavy (non-hydrogen) atoms. The summed E-state index contributed by atoms with van der Waals surface area (Å²) in [6, 6.07) is 0. The van der Waals surface area contributed by atoms with Crippen molar-refractivity contribution in [2.24, 2.45) is 0 Å². The molecule has 0 aliphatic rings. The molecule has 2 atom stereocenters. The summed E-state index contributed by atoms with van der Waals surface area (Å²) in [5, 5.41) is 12.7. The summed E-state index contributed by atoms with van der Waals surface area (Å²) >= 11 is 0. The topological polar surface area (TPSA) is 131 Å². The van der Waals surface area contributed by atoms with Gasteiger partial charge in [-0.2, -0.15) is 0 Å². The van der Waals surface area contributed by atoms with Crippen LogP contribution in [-0.4, -0.2) is 54.3 Å². The lowest BCUT2D eigenvalue weighted by molar-refractivity contribution is -0.147. The Hall–Kier alpha value is -2.03. The fourth-order valence-corrected chi connectivity index (χ4v) is 6.19. The SMILES string of the molecule is CC/C=C\C/C=C\C/C=C\C/C=C\CCCCC(=O)OCC(O)COP(=O)(O)OCCNC(=O)CCCCCCCCCCCCCCCCCC. The highest BCUT2D eigenvalue weighted by molar-refractivity contribution is 7.47. The summed E-state index contributed by atoms with van der Waals surface area (Å²) in [4.78, 5) is 33.8. The number of aliphatic hydroxyl groups is 1. The van der Waals surface area contributed by atoms with Crippen LogP contribution in [0.15, 0.2) is 48.6 Å². The molecule has 0 aromatic carbocycles. The number of allylic oxidation sites excluding steroid dienone is 8. The smallest absolute Gasteiger partial charge is 0.463 e. The molecule has 2 unspecified atom stereocenters. The largest absolute Gasteiger partial charge is 0.472 e. The van der Waals surface area contributed by atoms with Gasteiger partial charge in [0.2, 0.25) is 5.91 Å². The molecule has 0 aliphatic heterocycles. The summed E-state index contributed by atoms with van der Waals surface area (Å²) in [5.74, 6) is -0.558. The van der Waals surface area contributed by atoms with Gasteiger partial charge in [-0.15, -0.1) is 0 Å². The van der Waals surface area contributed by atoms with Crippen LogP contribution in [0.2, 0.25) is 0 Å². The first-order valence-corrected chi connectivity index (χ1v) is 22.1. The Morgan fingerprint density at radius 1 is 0.615 bits per heavy atom. The van der Waals surface area contributed by atoms with E-state index in [1.165, 1.54) is 83.5 Å². The van der Waals surface area contributed by atoms with Crippen molar-refractivity contribution in [2.45, 2.75) is 180 Å². The third kappa shape index (κ3) is 39.2. The molecular weight excluding hydrogens is 677 g/mol. The van der Waals surface area contributed by atoms with Gasteiger partial charge in [0.15, 0.2) is 0 Å². The fourth-order valence-electron chi connectivity index (χ4n) is 5.43. The van der Waals surface area contributed by atoms with Crippen LogP contribution in [0.5, 0.6) is 0 Å². The van der Waals surface area contributed by atoms with E-state index < -0.39 is 26.5 Å². The molecule has 9 nitrogen and oxygen atoms in total. The third-order valence-corrected chi connectivity index (χ3v) is 9.51. The van der Waals surface area contributed by atoms with Gasteiger partial charge in [-0.1, -0.05) is 159 Å². The van der Waals surface area contributed by atoms with E-state index in [4.69, 9.17) is 13.8 Å². The van der Waals surface area contributed by atoms with Crippen molar-refractivity contribution >= 4 is 19.7 Å². The Bertz CT molecular complexity index is 996. The standard InChI is InChI=1S/C42H76NO8P/c1-3-5-7-9-11-13-15-17-19-21-22-24-26-28-30-32-34-41(45)43-36-37-50-52(47,48)51-39-40(44)38-49-42(46)35-33-31-29-27-25-23-20-18-16-14-12-10-8-6-4-2/h6,8,12,14,18,20,25,27,40,44H,3-5,7,9-11,13,15-17,19,21-24,26,28-39H2,1-2H3,(H,43,45)(H,47,48)/b8-6-,14-12-,20-18-,27-25-. The number of carbonyl (C=O) groups excluding carboxylic acids is 2. The molecule has 0 rings (SSSR count). The number of amides is 1. The molecule has 0 heterocycles. The number of rotatable bonds is 38. The van der Waals surface area contributed by atoms with Gasteiger partial charge in [0.05, 0.1) is 13.2 Å². The minimum absolute atomic E-state index is 0.0774. The number of hydrogen-bond acceptors (Lipinski definition) is 7. The molecular formula is C42H76NO8P. The summed E-state index contributed by atoms with van der Waals surface area (Å²) in [6.45, 7) is 3.39. The van der Waals surface area contributed by atoms with Crippen molar-refractivity contribution in [3.63, 3.8) is 0 Å². The predicted molar refractivity (Wildman–Crippen MR) is 215 cm³/mol. The zero-order valence-electron chi connectivity index (χ0n) is 33.0. The zero-order valence-corrected chi connectivity index (χ0v) is 33.9. The molecule has 0 saturated heterocycles. The molecule has 3 N–H and O–H groups in total. The quantitative estimate of drug-likeness (QED) is 0.0246. The molecule has 0 spiro atoms. The lowest BCUT2D eigenvalue weighted by atomic mass is 10.0. The van der Waals surface area contributed by atoms with Crippen LogP contribution in [0.4, 0.5) is 0 Å². The van der Waals surface area contributed by atoms with Gasteiger partial charge >= 0.3 is 13.8 Å². The Morgan fingerprint density at radius 2 is 1.10 bits per heavy atom. The molecule has 0 aliphatic carbocycles. The first-order valence-electron chi connectivity index (χ1n) is 20.6. The summed E-state index contributed by atoms with van der Waals surface area (Å²) in [7, 11) is -4.42. The Kier molecular flexibility index (Phi) is 37.2. The molecule has 302 valence electrons. The van der Waals surface area contributed by atoms with Crippen molar-refractivity contribution < 1.29 is 37.9 Å². The Balaban J connectivity index is 3.65. The Labute approximate surface area is 317 Å². The maximum Gasteiger partial charge on any atom is 0.472 e. The average Bonchev–Trinajstić information content (AvgIpc) is 3.13. The highest BCUT2D eigenvalue weighted by Gasteiger charge is 2.23. The van der Waals surface area contributed by atoms with Crippen LogP contribution in [0, 0.1) is 0 Å². The van der Waals surface area contributed by atoms with Crippen LogP contribution in [-0.2, 0) is 27.9 Å². The predicted octanol–water partition coefficient (Wildman–Crippen LogP) is 11.2. The van der Waals surface area contributed by atoms with E-state index in [0.29, 0.717) is 12.8 Å². The van der Waals surface area contributed by atoms with Crippen LogP contribution >= 0.6 is 7.82 Å². The second-order valence-electron chi connectivity index (χ2n) is 13.6. The van der Waals surface area contributed by atoms with Gasteiger partial charge in [0.25, 0.3) is 0 Å². The minimum Gasteiger partial charge on any atom is -0.463 e. The third-order valence-electron chi connectivity index (χ3n) is 8.52. The molecule has 0 fully saturated rings. The van der Waals surface area contributed by atoms with Crippen LogP contribution in [0.25, 0.3) is 0 Å². The molecule has 0 aromatic heterocycles. The Morgan fingerprint density at radius 3 is 1.63 bits per heavy atom. The lowest BCUT2D eigenvalue weighted by Gasteiger charge is -2.15. The maximum absolute atomic E-state index is 12.1. The zero-order chi connectivity index (χ0) is 38.2. The highest BCUT2D eigenvalue weighted by Crippen LogP contribution is 2.42. The minimum atomic E-state index is -4.42. The van der Waals surface area contributed by atoms with Crippen molar-refractivity contribution in [3.05, 3.63) is 48.6 Å². The number of phosphoric ester groups is 1. The van der Waals surface area contributed by atoms with Crippen molar-refractivity contribution in [1.82, 2.24) is 5.32 Å². The summed E-state index contributed by atoms with van der Waals surface area (Å²) in [5.41, 5.74) is 0. The first-order chi connectivity index (χ1) is 25.3. The van der Waals surface area contributed by atoms with Gasteiger partial charge < -0.3 is 20.1 Å². The lowest BCUT2D eigenvalue weighted by Crippen LogP contribution is -2.27.